The molecule has 4 rings (SSSR count). The summed E-state index contributed by atoms with van der Waals surface area (Å²) in [4.78, 5) is 31.4. The number of benzene rings is 2. The van der Waals surface area contributed by atoms with Gasteiger partial charge in [0, 0.05) is 23.1 Å². The summed E-state index contributed by atoms with van der Waals surface area (Å²) in [5.41, 5.74) is 7.77. The van der Waals surface area contributed by atoms with Crippen molar-refractivity contribution in [2.45, 2.75) is 13.1 Å². The van der Waals surface area contributed by atoms with Crippen LogP contribution in [0.5, 0.6) is 0 Å². The lowest BCUT2D eigenvalue weighted by Crippen LogP contribution is -2.20. The normalized spacial score (nSPS) is 11.4. The van der Waals surface area contributed by atoms with Crippen LogP contribution in [-0.4, -0.2) is 21.9 Å². The number of primary amides is 1. The van der Waals surface area contributed by atoms with Crippen LogP contribution in [0.4, 0.5) is 29.3 Å². The first-order valence-corrected chi connectivity index (χ1v) is 9.76. The fourth-order valence-electron chi connectivity index (χ4n) is 3.51. The fourth-order valence-corrected chi connectivity index (χ4v) is 3.51. The number of aryl methyl sites for hydroxylation is 1. The topological polar surface area (TPSA) is 113 Å². The van der Waals surface area contributed by atoms with Gasteiger partial charge in [0.2, 0.25) is 0 Å². The van der Waals surface area contributed by atoms with Gasteiger partial charge in [0.1, 0.15) is 5.69 Å². The molecule has 0 saturated carbocycles. The van der Waals surface area contributed by atoms with Crippen molar-refractivity contribution >= 4 is 34.3 Å². The lowest BCUT2D eigenvalue weighted by molar-refractivity contribution is -0.138. The Bertz CT molecular complexity index is 1360. The molecule has 10 heteroatoms. The molecule has 0 unspecified atom stereocenters. The number of hydrogen-bond acceptors (Lipinski definition) is 3. The average molecular weight is 453 g/mol. The summed E-state index contributed by atoms with van der Waals surface area (Å²) < 4.78 is 39.2. The molecule has 2 heterocycles. The summed E-state index contributed by atoms with van der Waals surface area (Å²) in [6.45, 7) is 1.35. The van der Waals surface area contributed by atoms with Gasteiger partial charge in [0.25, 0.3) is 5.91 Å². The van der Waals surface area contributed by atoms with Crippen LogP contribution in [0.15, 0.2) is 60.8 Å². The minimum Gasteiger partial charge on any atom is -0.364 e. The van der Waals surface area contributed by atoms with Crippen LogP contribution in [-0.2, 0) is 6.18 Å². The number of pyridine rings is 1. The number of alkyl halides is 3. The first kappa shape index (κ1) is 21.9. The maximum absolute atomic E-state index is 13.1. The highest BCUT2D eigenvalue weighted by Gasteiger charge is 2.32. The van der Waals surface area contributed by atoms with Gasteiger partial charge in [-0.1, -0.05) is 18.2 Å². The molecule has 5 N–H and O–H groups in total. The van der Waals surface area contributed by atoms with E-state index in [2.05, 4.69) is 20.6 Å². The number of anilines is 2. The largest absolute Gasteiger partial charge is 0.416 e. The van der Waals surface area contributed by atoms with E-state index in [-0.39, 0.29) is 16.9 Å². The summed E-state index contributed by atoms with van der Waals surface area (Å²) >= 11 is 0. The molecule has 0 fully saturated rings. The zero-order valence-corrected chi connectivity index (χ0v) is 17.2. The van der Waals surface area contributed by atoms with Gasteiger partial charge in [-0.2, -0.15) is 13.2 Å². The Morgan fingerprint density at radius 2 is 1.67 bits per heavy atom. The maximum atomic E-state index is 13.1. The molecule has 0 spiro atoms. The number of H-pyrrole nitrogens is 1. The van der Waals surface area contributed by atoms with Crippen LogP contribution in [0.2, 0.25) is 0 Å². The van der Waals surface area contributed by atoms with Crippen molar-refractivity contribution in [3.63, 3.8) is 0 Å². The minimum atomic E-state index is -4.52. The number of carbonyl (C=O) groups excluding carboxylic acids is 2. The molecule has 0 saturated heterocycles. The molecule has 7 nitrogen and oxygen atoms in total. The highest BCUT2D eigenvalue weighted by Crippen LogP contribution is 2.34. The molecule has 168 valence electrons. The first-order chi connectivity index (χ1) is 15.6. The molecule has 0 radical (unpaired) electrons. The number of amides is 3. The number of carbonyl (C=O) groups is 2. The molecule has 2 aromatic heterocycles. The zero-order chi connectivity index (χ0) is 23.8. The van der Waals surface area contributed by atoms with Crippen molar-refractivity contribution in [3.8, 4) is 11.1 Å². The third kappa shape index (κ3) is 4.49. The van der Waals surface area contributed by atoms with E-state index in [1.54, 1.807) is 42.6 Å². The minimum absolute atomic E-state index is 0.0120. The van der Waals surface area contributed by atoms with Crippen LogP contribution >= 0.6 is 0 Å². The Balaban J connectivity index is 1.54. The Labute approximate surface area is 185 Å². The number of nitrogens with two attached hydrogens (primary N) is 1. The quantitative estimate of drug-likeness (QED) is 0.336. The van der Waals surface area contributed by atoms with E-state index in [4.69, 9.17) is 5.73 Å². The Hall–Kier alpha value is -4.34. The molecule has 4 aromatic rings. The lowest BCUT2D eigenvalue weighted by Gasteiger charge is -2.13. The number of halogens is 3. The SMILES string of the molecule is Cc1ccc(NC(=O)Nc2ccc(-c3c(C(N)=O)[nH]c4cccnc34)cc2)cc1C(F)(F)F. The number of nitrogens with zero attached hydrogens (tertiary/aromatic N) is 1. The van der Waals surface area contributed by atoms with Crippen molar-refractivity contribution < 1.29 is 22.8 Å². The van der Waals surface area contributed by atoms with Crippen LogP contribution in [0, 0.1) is 6.92 Å². The van der Waals surface area contributed by atoms with Crippen LogP contribution in [0.25, 0.3) is 22.2 Å². The third-order valence-electron chi connectivity index (χ3n) is 5.03. The van der Waals surface area contributed by atoms with E-state index in [1.807, 2.05) is 0 Å². The van der Waals surface area contributed by atoms with Crippen LogP contribution in [0.1, 0.15) is 21.6 Å². The second-order valence-corrected chi connectivity index (χ2v) is 7.32. The smallest absolute Gasteiger partial charge is 0.364 e. The third-order valence-corrected chi connectivity index (χ3v) is 5.03. The first-order valence-electron chi connectivity index (χ1n) is 9.76. The van der Waals surface area contributed by atoms with Gasteiger partial charge in [-0.25, -0.2) is 4.79 Å². The molecule has 0 aliphatic rings. The van der Waals surface area contributed by atoms with E-state index < -0.39 is 23.7 Å². The summed E-state index contributed by atoms with van der Waals surface area (Å²) in [6, 6.07) is 12.9. The standard InChI is InChI=1S/C23H18F3N5O2/c1-12-4-7-15(11-16(12)23(24,25)26)30-22(33)29-14-8-5-13(6-9-14)18-19-17(3-2-10-28-19)31-20(18)21(27)32/h2-11,31H,1H3,(H2,27,32)(H2,29,30,33). The molecule has 0 aliphatic heterocycles. The second-order valence-electron chi connectivity index (χ2n) is 7.32. The number of rotatable bonds is 4. The maximum Gasteiger partial charge on any atom is 0.416 e. The van der Waals surface area contributed by atoms with E-state index in [0.717, 1.165) is 6.07 Å². The fraction of sp³-hybridized carbons (Fsp3) is 0.0870. The molecule has 2 aromatic carbocycles. The predicted octanol–water partition coefficient (Wildman–Crippen LogP) is 5.30. The van der Waals surface area contributed by atoms with Gasteiger partial charge in [0.15, 0.2) is 0 Å². The summed E-state index contributed by atoms with van der Waals surface area (Å²) in [6.07, 6.45) is -2.92. The summed E-state index contributed by atoms with van der Waals surface area (Å²) in [5, 5.41) is 4.96. The molecule has 0 atom stereocenters. The van der Waals surface area contributed by atoms with Gasteiger partial charge < -0.3 is 21.4 Å². The van der Waals surface area contributed by atoms with Gasteiger partial charge in [-0.05, 0) is 54.4 Å². The molecule has 3 amide bonds. The number of aromatic amines is 1. The van der Waals surface area contributed by atoms with E-state index >= 15 is 0 Å². The van der Waals surface area contributed by atoms with Gasteiger partial charge in [0.05, 0.1) is 16.6 Å². The summed E-state index contributed by atoms with van der Waals surface area (Å²) in [7, 11) is 0. The number of hydrogen-bond donors (Lipinski definition) is 4. The molecule has 0 aliphatic carbocycles. The Morgan fingerprint density at radius 3 is 2.33 bits per heavy atom. The zero-order valence-electron chi connectivity index (χ0n) is 17.2. The van der Waals surface area contributed by atoms with Crippen molar-refractivity contribution in [2.24, 2.45) is 5.73 Å². The molecular formula is C23H18F3N5O2. The highest BCUT2D eigenvalue weighted by atomic mass is 19.4. The lowest BCUT2D eigenvalue weighted by atomic mass is 10.0. The second kappa shape index (κ2) is 8.30. The monoisotopic (exact) mass is 453 g/mol. The van der Waals surface area contributed by atoms with Gasteiger partial charge in [-0.15, -0.1) is 0 Å². The van der Waals surface area contributed by atoms with E-state index in [1.165, 1.54) is 19.1 Å². The van der Waals surface area contributed by atoms with Gasteiger partial charge >= 0.3 is 12.2 Å². The van der Waals surface area contributed by atoms with Crippen molar-refractivity contribution in [1.29, 1.82) is 0 Å². The van der Waals surface area contributed by atoms with Crippen LogP contribution in [0.3, 0.4) is 0 Å². The van der Waals surface area contributed by atoms with E-state index in [9.17, 15) is 22.8 Å². The van der Waals surface area contributed by atoms with Crippen LogP contribution < -0.4 is 16.4 Å². The number of urea groups is 1. The Kier molecular flexibility index (Phi) is 5.50. The van der Waals surface area contributed by atoms with Gasteiger partial charge in [-0.3, -0.25) is 9.78 Å². The predicted molar refractivity (Wildman–Crippen MR) is 119 cm³/mol. The van der Waals surface area contributed by atoms with E-state index in [0.29, 0.717) is 27.8 Å². The number of nitrogens with one attached hydrogen (secondary N) is 3. The molecule has 0 bridgehead atoms. The average Bonchev–Trinajstić information content (AvgIpc) is 3.15. The van der Waals surface area contributed by atoms with Crippen molar-refractivity contribution in [3.05, 3.63) is 77.6 Å². The Morgan fingerprint density at radius 1 is 1.00 bits per heavy atom. The van der Waals surface area contributed by atoms with Crippen molar-refractivity contribution in [2.75, 3.05) is 10.6 Å². The van der Waals surface area contributed by atoms with Crippen molar-refractivity contribution in [1.82, 2.24) is 9.97 Å². The number of fused-ring (bicyclic) bond motifs is 1. The summed E-state index contributed by atoms with van der Waals surface area (Å²) in [5.74, 6) is -0.638. The highest BCUT2D eigenvalue weighted by molar-refractivity contribution is 6.08. The number of aromatic nitrogens is 2. The molecule has 33 heavy (non-hydrogen) atoms. The molecular weight excluding hydrogens is 435 g/mol.